The molecule has 298 valence electrons. The Bertz CT molecular complexity index is 2820. The number of H-pyrrole nitrogens is 2. The van der Waals surface area contributed by atoms with Gasteiger partial charge in [-0.2, -0.15) is 0 Å². The fraction of sp³-hybridized carbons (Fsp3) is 0.0682. The van der Waals surface area contributed by atoms with Crippen LogP contribution in [0.2, 0.25) is 0 Å². The van der Waals surface area contributed by atoms with Gasteiger partial charge in [-0.3, -0.25) is 0 Å². The smallest absolute Gasteiger partial charge is 0.200 e. The van der Waals surface area contributed by atoms with Crippen LogP contribution >= 0.6 is 0 Å². The lowest BCUT2D eigenvalue weighted by molar-refractivity contribution is -0.671. The normalized spacial score (nSPS) is 11.5. The minimum atomic E-state index is -2.25. The van der Waals surface area contributed by atoms with Gasteiger partial charge in [0, 0.05) is 80.7 Å². The van der Waals surface area contributed by atoms with Crippen LogP contribution in [0.25, 0.3) is 90.9 Å². The molecule has 0 aliphatic carbocycles. The summed E-state index contributed by atoms with van der Waals surface area (Å²) in [6.45, 7) is 0. The molecule has 2 aliphatic heterocycles. The van der Waals surface area contributed by atoms with E-state index in [2.05, 4.69) is 9.97 Å². The van der Waals surface area contributed by atoms with E-state index < -0.39 is 34.6 Å². The van der Waals surface area contributed by atoms with Crippen molar-refractivity contribution in [2.75, 3.05) is 0 Å². The third kappa shape index (κ3) is 7.83. The Kier molecular flexibility index (Phi) is 12.9. The second-order valence-electron chi connectivity index (χ2n) is 13.7. The molecule has 0 fully saturated rings. The van der Waals surface area contributed by atoms with Crippen molar-refractivity contribution in [1.29, 1.82) is 0 Å². The number of aryl methyl sites for hydroxylation is 3. The topological polar surface area (TPSA) is 69.0 Å². The molecule has 0 saturated heterocycles. The number of pyridine rings is 3. The van der Waals surface area contributed by atoms with Crippen molar-refractivity contribution >= 4 is 46.4 Å². The van der Waals surface area contributed by atoms with Crippen LogP contribution in [-0.4, -0.2) is 19.9 Å². The average Bonchev–Trinajstić information content (AvgIpc) is 4.04. The summed E-state index contributed by atoms with van der Waals surface area (Å²) < 4.78 is 81.6. The molecule has 0 amide bonds. The third-order valence-corrected chi connectivity index (χ3v) is 10.0. The number of hydrogen-bond acceptors (Lipinski definition) is 2. The molecule has 15 heteroatoms. The van der Waals surface area contributed by atoms with Gasteiger partial charge in [0.25, 0.3) is 0 Å². The molecular formula is C44H31F5I3N7. The summed E-state index contributed by atoms with van der Waals surface area (Å²) in [5, 5.41) is 0. The van der Waals surface area contributed by atoms with Crippen molar-refractivity contribution in [1.82, 2.24) is 19.9 Å². The van der Waals surface area contributed by atoms with Crippen molar-refractivity contribution in [2.45, 2.75) is 0 Å². The Morgan fingerprint density at radius 2 is 0.627 bits per heavy atom. The zero-order chi connectivity index (χ0) is 38.8. The fourth-order valence-corrected chi connectivity index (χ4v) is 7.21. The molecule has 1 aromatic carbocycles. The number of nitrogens with one attached hydrogen (secondary N) is 2. The van der Waals surface area contributed by atoms with Crippen molar-refractivity contribution in [2.24, 2.45) is 21.1 Å². The number of benzene rings is 1. The summed E-state index contributed by atoms with van der Waals surface area (Å²) >= 11 is 0. The predicted octanol–water partition coefficient (Wildman–Crippen LogP) is -0.495. The van der Waals surface area contributed by atoms with Crippen LogP contribution in [0.3, 0.4) is 0 Å². The molecule has 0 radical (unpaired) electrons. The molecule has 0 unspecified atom stereocenters. The van der Waals surface area contributed by atoms with Crippen LogP contribution in [0.4, 0.5) is 22.0 Å². The first kappa shape index (κ1) is 43.7. The maximum atomic E-state index is 15.8. The molecule has 7 aromatic rings. The van der Waals surface area contributed by atoms with Gasteiger partial charge >= 0.3 is 0 Å². The molecule has 7 nitrogen and oxygen atoms in total. The standard InChI is InChI=1S/C44H30F5N7.3HI/c1-54-18-12-24(13-19-54)35-27-4-6-29(50-27)36(25-14-20-55(2)21-15-25)31-8-10-33(52-31)38(39-40(45)42(47)44(49)43(48)41(39)46)34-11-9-32(53-34)37(30-7-5-28(35)51-30)26-16-22-56(3)23-17-26;;;/h4-23H,1-3H3,(H,50,51,52,53);3*1H/q+2;;;/p-2. The van der Waals surface area contributed by atoms with E-state index in [1.807, 2.05) is 133 Å². The van der Waals surface area contributed by atoms with Gasteiger partial charge in [0.2, 0.25) is 5.82 Å². The zero-order valence-electron chi connectivity index (χ0n) is 31.3. The Hall–Kier alpha value is -4.89. The van der Waals surface area contributed by atoms with E-state index in [4.69, 9.17) is 9.97 Å². The number of hydrogen-bond donors (Lipinski definition) is 2. The Morgan fingerprint density at radius 3 is 0.966 bits per heavy atom. The summed E-state index contributed by atoms with van der Waals surface area (Å²) in [7, 11) is 5.72. The lowest BCUT2D eigenvalue weighted by atomic mass is 10.00. The highest BCUT2D eigenvalue weighted by Crippen LogP contribution is 2.40. The SMILES string of the molecule is C[n+]1ccc(-c2c3nc(c(-c4c(F)c(F)c(F)c(F)c4F)c4nc(c(-c5cc[n+](C)cc5)c5ccc([nH]5)c(-c5cc[n+](C)cc5)c5ccc2[nH]5)C=C4)C=C3)cc1.[I-].[I-].[I-]. The lowest BCUT2D eigenvalue weighted by Crippen LogP contribution is -3.00. The van der Waals surface area contributed by atoms with Gasteiger partial charge in [-0.1, -0.05) is 0 Å². The predicted molar refractivity (Wildman–Crippen MR) is 204 cm³/mol. The molecule has 8 bridgehead atoms. The van der Waals surface area contributed by atoms with Crippen molar-refractivity contribution in [3.63, 3.8) is 0 Å². The van der Waals surface area contributed by atoms with E-state index in [-0.39, 0.29) is 88.9 Å². The molecule has 2 N–H and O–H groups in total. The third-order valence-electron chi connectivity index (χ3n) is 10.0. The minimum absolute atomic E-state index is 0. The highest BCUT2D eigenvalue weighted by atomic mass is 127. The van der Waals surface area contributed by atoms with Crippen LogP contribution in [0.5, 0.6) is 0 Å². The number of nitrogens with zero attached hydrogens (tertiary/aromatic N) is 5. The molecule has 0 saturated carbocycles. The first-order valence-corrected chi connectivity index (χ1v) is 17.6. The van der Waals surface area contributed by atoms with E-state index in [1.165, 1.54) is 12.2 Å². The maximum Gasteiger partial charge on any atom is 0.200 e. The summed E-state index contributed by atoms with van der Waals surface area (Å²) in [4.78, 5) is 16.9. The number of halogens is 8. The molecule has 0 atom stereocenters. The number of aromatic amines is 2. The quantitative estimate of drug-likeness (QED) is 0.0823. The van der Waals surface area contributed by atoms with Gasteiger partial charge in [-0.25, -0.2) is 45.6 Å². The number of aromatic nitrogens is 7. The van der Waals surface area contributed by atoms with Gasteiger partial charge < -0.3 is 81.9 Å². The first-order chi connectivity index (χ1) is 27.0. The van der Waals surface area contributed by atoms with Crippen molar-refractivity contribution < 1.29 is 108 Å². The largest absolute Gasteiger partial charge is 1.00 e. The van der Waals surface area contributed by atoms with Crippen LogP contribution in [-0.2, 0) is 21.1 Å². The monoisotopic (exact) mass is 1130 g/mol. The summed E-state index contributed by atoms with van der Waals surface area (Å²) in [6.07, 6.45) is 17.8. The average molecular weight is 1130 g/mol. The van der Waals surface area contributed by atoms with Crippen LogP contribution in [0.1, 0.15) is 22.8 Å². The Morgan fingerprint density at radius 1 is 0.356 bits per heavy atom. The van der Waals surface area contributed by atoms with Gasteiger partial charge in [0.15, 0.2) is 60.4 Å². The van der Waals surface area contributed by atoms with E-state index in [0.29, 0.717) is 33.5 Å². The maximum absolute atomic E-state index is 15.8. The van der Waals surface area contributed by atoms with Crippen LogP contribution < -0.4 is 85.6 Å². The summed E-state index contributed by atoms with van der Waals surface area (Å²) in [6, 6.07) is 19.5. The van der Waals surface area contributed by atoms with E-state index >= 15 is 8.78 Å². The summed E-state index contributed by atoms with van der Waals surface area (Å²) in [5.41, 5.74) is 6.79. The molecule has 6 aromatic heterocycles. The Balaban J connectivity index is 0.00000195. The second-order valence-corrected chi connectivity index (χ2v) is 13.7. The number of rotatable bonds is 4. The zero-order valence-corrected chi connectivity index (χ0v) is 37.8. The lowest BCUT2D eigenvalue weighted by Gasteiger charge is -2.10. The van der Waals surface area contributed by atoms with Gasteiger partial charge in [0.1, 0.15) is 21.1 Å². The molecular weight excluding hydrogens is 1100 g/mol. The molecule has 8 heterocycles. The molecule has 0 spiro atoms. The molecule has 59 heavy (non-hydrogen) atoms. The highest BCUT2D eigenvalue weighted by molar-refractivity contribution is 6.00. The van der Waals surface area contributed by atoms with Crippen molar-refractivity contribution in [3.8, 4) is 44.5 Å². The second kappa shape index (κ2) is 17.4. The van der Waals surface area contributed by atoms with E-state index in [0.717, 1.165) is 33.3 Å². The van der Waals surface area contributed by atoms with Crippen LogP contribution in [0.15, 0.2) is 97.8 Å². The molecule has 9 rings (SSSR count). The van der Waals surface area contributed by atoms with E-state index in [1.54, 1.807) is 12.2 Å². The van der Waals surface area contributed by atoms with Gasteiger partial charge in [0.05, 0.1) is 28.3 Å². The van der Waals surface area contributed by atoms with Crippen LogP contribution in [0, 0.1) is 29.1 Å². The van der Waals surface area contributed by atoms with E-state index in [9.17, 15) is 13.2 Å². The minimum Gasteiger partial charge on any atom is -1.00 e. The highest BCUT2D eigenvalue weighted by Gasteiger charge is 2.31. The van der Waals surface area contributed by atoms with Gasteiger partial charge in [-0.05, 0) is 65.3 Å². The van der Waals surface area contributed by atoms with Crippen molar-refractivity contribution in [3.05, 3.63) is 150 Å². The first-order valence-electron chi connectivity index (χ1n) is 17.6. The fourth-order valence-electron chi connectivity index (χ4n) is 7.21. The summed E-state index contributed by atoms with van der Waals surface area (Å²) in [5.74, 6) is -10.4. The van der Waals surface area contributed by atoms with Gasteiger partial charge in [-0.15, -0.1) is 0 Å². The molecule has 2 aliphatic rings. The number of fused-ring (bicyclic) bond motifs is 8. The Labute approximate surface area is 386 Å².